The van der Waals surface area contributed by atoms with Crippen molar-refractivity contribution in [3.8, 4) is 11.4 Å². The first-order valence-corrected chi connectivity index (χ1v) is 8.69. The predicted octanol–water partition coefficient (Wildman–Crippen LogP) is 1.10. The first kappa shape index (κ1) is 18.0. The van der Waals surface area contributed by atoms with Crippen molar-refractivity contribution in [3.63, 3.8) is 0 Å². The zero-order chi connectivity index (χ0) is 20.1. The van der Waals surface area contributed by atoms with Crippen LogP contribution in [0.3, 0.4) is 0 Å². The number of nitrogens with zero attached hydrogens (tertiary/aromatic N) is 6. The lowest BCUT2D eigenvalue weighted by Crippen LogP contribution is -2.35. The van der Waals surface area contributed by atoms with E-state index in [2.05, 4.69) is 30.9 Å². The Balaban J connectivity index is 1.35. The third-order valence-electron chi connectivity index (χ3n) is 4.07. The van der Waals surface area contributed by atoms with Crippen molar-refractivity contribution >= 4 is 17.5 Å². The Bertz CT molecular complexity index is 1100. The lowest BCUT2D eigenvalue weighted by molar-refractivity contribution is -0.136. The molecule has 0 saturated carbocycles. The van der Waals surface area contributed by atoms with E-state index in [0.29, 0.717) is 11.5 Å². The van der Waals surface area contributed by atoms with Gasteiger partial charge in [-0.15, -0.1) is 10.2 Å². The van der Waals surface area contributed by atoms with Gasteiger partial charge in [0, 0.05) is 11.4 Å². The van der Waals surface area contributed by atoms with Crippen LogP contribution >= 0.6 is 0 Å². The fraction of sp³-hybridized carbons (Fsp3) is 0.0526. The second-order valence-electron chi connectivity index (χ2n) is 5.98. The first-order chi connectivity index (χ1) is 14.2. The monoisotopic (exact) mass is 388 g/mol. The number of benzene rings is 2. The number of anilines is 1. The Morgan fingerprint density at radius 2 is 1.69 bits per heavy atom. The lowest BCUT2D eigenvalue weighted by Gasteiger charge is -2.09. The number of carbonyl (C=O) groups excluding carboxylic acids is 2. The summed E-state index contributed by atoms with van der Waals surface area (Å²) in [4.78, 5) is 28.2. The molecule has 2 amide bonds. The van der Waals surface area contributed by atoms with Gasteiger partial charge in [0.15, 0.2) is 5.82 Å². The maximum absolute atomic E-state index is 12.1. The topological polar surface area (TPSA) is 120 Å². The van der Waals surface area contributed by atoms with E-state index in [1.807, 2.05) is 30.3 Å². The summed E-state index contributed by atoms with van der Waals surface area (Å²) in [5.74, 6) is -1.04. The second kappa shape index (κ2) is 8.13. The van der Waals surface area contributed by atoms with Gasteiger partial charge < -0.3 is 10.6 Å². The minimum absolute atomic E-state index is 0.0619. The smallest absolute Gasteiger partial charge is 0.313 e. The maximum atomic E-state index is 12.1. The summed E-state index contributed by atoms with van der Waals surface area (Å²) in [7, 11) is 0. The molecular formula is C19H16N8O2. The highest BCUT2D eigenvalue weighted by atomic mass is 16.2. The van der Waals surface area contributed by atoms with Gasteiger partial charge in [0.25, 0.3) is 0 Å². The van der Waals surface area contributed by atoms with Crippen LogP contribution in [-0.2, 0) is 16.1 Å². The summed E-state index contributed by atoms with van der Waals surface area (Å²) in [5.41, 5.74) is 2.13. The van der Waals surface area contributed by atoms with Gasteiger partial charge in [-0.2, -0.15) is 5.10 Å². The van der Waals surface area contributed by atoms with Crippen LogP contribution in [0.2, 0.25) is 0 Å². The van der Waals surface area contributed by atoms with Gasteiger partial charge in [0.1, 0.15) is 19.0 Å². The SMILES string of the molecule is O=C(NCc1nncn1-c1ccccc1)C(=O)Nc1ccc(-n2cncn2)cc1. The van der Waals surface area contributed by atoms with Crippen molar-refractivity contribution in [2.45, 2.75) is 6.54 Å². The van der Waals surface area contributed by atoms with Crippen LogP contribution in [-0.4, -0.2) is 41.3 Å². The zero-order valence-corrected chi connectivity index (χ0v) is 15.1. The van der Waals surface area contributed by atoms with Crippen LogP contribution in [0.25, 0.3) is 11.4 Å². The molecule has 0 aliphatic rings. The van der Waals surface area contributed by atoms with Crippen molar-refractivity contribution in [2.75, 3.05) is 5.32 Å². The Morgan fingerprint density at radius 3 is 2.41 bits per heavy atom. The molecule has 0 atom stereocenters. The number of nitrogens with one attached hydrogen (secondary N) is 2. The van der Waals surface area contributed by atoms with E-state index in [-0.39, 0.29) is 6.54 Å². The van der Waals surface area contributed by atoms with Gasteiger partial charge >= 0.3 is 11.8 Å². The quantitative estimate of drug-likeness (QED) is 0.494. The number of rotatable bonds is 5. The Morgan fingerprint density at radius 1 is 0.897 bits per heavy atom. The molecule has 4 rings (SSSR count). The highest BCUT2D eigenvalue weighted by Gasteiger charge is 2.15. The molecule has 2 N–H and O–H groups in total. The largest absolute Gasteiger partial charge is 0.341 e. The normalized spacial score (nSPS) is 10.5. The van der Waals surface area contributed by atoms with Crippen molar-refractivity contribution in [1.82, 2.24) is 34.8 Å². The Labute approximate surface area is 165 Å². The maximum Gasteiger partial charge on any atom is 0.313 e. The van der Waals surface area contributed by atoms with Crippen LogP contribution in [0.4, 0.5) is 5.69 Å². The summed E-state index contributed by atoms with van der Waals surface area (Å²) < 4.78 is 3.32. The molecule has 0 radical (unpaired) electrons. The summed E-state index contributed by atoms with van der Waals surface area (Å²) in [5, 5.41) is 17.0. The number of para-hydroxylation sites is 1. The van der Waals surface area contributed by atoms with Crippen LogP contribution in [0.15, 0.2) is 73.6 Å². The number of hydrogen-bond donors (Lipinski definition) is 2. The summed E-state index contributed by atoms with van der Waals surface area (Å²) >= 11 is 0. The molecule has 0 spiro atoms. The molecule has 2 heterocycles. The molecule has 0 unspecified atom stereocenters. The fourth-order valence-corrected chi connectivity index (χ4v) is 2.65. The molecule has 2 aromatic carbocycles. The molecule has 144 valence electrons. The van der Waals surface area contributed by atoms with E-state index >= 15 is 0 Å². The Hall–Kier alpha value is -4.34. The molecule has 10 heteroatoms. The first-order valence-electron chi connectivity index (χ1n) is 8.69. The molecule has 10 nitrogen and oxygen atoms in total. The van der Waals surface area contributed by atoms with Gasteiger partial charge in [0.05, 0.1) is 12.2 Å². The number of aromatic nitrogens is 6. The average molecular weight is 388 g/mol. The van der Waals surface area contributed by atoms with E-state index in [4.69, 9.17) is 0 Å². The summed E-state index contributed by atoms with van der Waals surface area (Å²) in [6.07, 6.45) is 4.54. The molecule has 0 aliphatic heterocycles. The van der Waals surface area contributed by atoms with Gasteiger partial charge in [-0.1, -0.05) is 18.2 Å². The predicted molar refractivity (Wildman–Crippen MR) is 103 cm³/mol. The van der Waals surface area contributed by atoms with Crippen LogP contribution < -0.4 is 10.6 Å². The van der Waals surface area contributed by atoms with Crippen LogP contribution in [0.1, 0.15) is 5.82 Å². The molecule has 4 aromatic rings. The van der Waals surface area contributed by atoms with E-state index in [9.17, 15) is 9.59 Å². The molecular weight excluding hydrogens is 372 g/mol. The van der Waals surface area contributed by atoms with Crippen molar-refractivity contribution in [3.05, 3.63) is 79.4 Å². The van der Waals surface area contributed by atoms with Gasteiger partial charge in [0.2, 0.25) is 0 Å². The highest BCUT2D eigenvalue weighted by Crippen LogP contribution is 2.12. The minimum atomic E-state index is -0.774. The number of hydrogen-bond acceptors (Lipinski definition) is 6. The summed E-state index contributed by atoms with van der Waals surface area (Å²) in [6, 6.07) is 16.3. The van der Waals surface area contributed by atoms with Gasteiger partial charge in [-0.3, -0.25) is 14.2 Å². The minimum Gasteiger partial charge on any atom is -0.341 e. The molecule has 0 fully saturated rings. The van der Waals surface area contributed by atoms with E-state index in [0.717, 1.165) is 11.4 Å². The molecule has 0 bridgehead atoms. The van der Waals surface area contributed by atoms with Gasteiger partial charge in [-0.05, 0) is 36.4 Å². The molecule has 2 aromatic heterocycles. The average Bonchev–Trinajstić information content (AvgIpc) is 3.45. The standard InChI is InChI=1S/C19H16N8O2/c28-18(21-10-17-25-22-13-26(17)15-4-2-1-3-5-15)19(29)24-14-6-8-16(9-7-14)27-12-20-11-23-27/h1-9,11-13H,10H2,(H,21,28)(H,24,29). The Kier molecular flexibility index (Phi) is 5.06. The molecule has 0 saturated heterocycles. The second-order valence-corrected chi connectivity index (χ2v) is 5.98. The van der Waals surface area contributed by atoms with Gasteiger partial charge in [-0.25, -0.2) is 9.67 Å². The van der Waals surface area contributed by atoms with Crippen LogP contribution in [0, 0.1) is 0 Å². The van der Waals surface area contributed by atoms with E-state index in [1.54, 1.807) is 46.2 Å². The van der Waals surface area contributed by atoms with E-state index < -0.39 is 11.8 Å². The fourth-order valence-electron chi connectivity index (χ4n) is 2.65. The summed E-state index contributed by atoms with van der Waals surface area (Å²) in [6.45, 7) is 0.0619. The van der Waals surface area contributed by atoms with Crippen molar-refractivity contribution in [1.29, 1.82) is 0 Å². The van der Waals surface area contributed by atoms with Crippen molar-refractivity contribution < 1.29 is 9.59 Å². The van der Waals surface area contributed by atoms with Crippen molar-refractivity contribution in [2.24, 2.45) is 0 Å². The highest BCUT2D eigenvalue weighted by molar-refractivity contribution is 6.39. The molecule has 0 aliphatic carbocycles. The third-order valence-corrected chi connectivity index (χ3v) is 4.07. The lowest BCUT2D eigenvalue weighted by atomic mass is 10.3. The van der Waals surface area contributed by atoms with E-state index in [1.165, 1.54) is 6.33 Å². The number of amides is 2. The third kappa shape index (κ3) is 4.16. The molecule has 29 heavy (non-hydrogen) atoms. The zero-order valence-electron chi connectivity index (χ0n) is 15.1. The van der Waals surface area contributed by atoms with Crippen LogP contribution in [0.5, 0.6) is 0 Å². The number of carbonyl (C=O) groups is 2.